The van der Waals surface area contributed by atoms with Crippen LogP contribution >= 0.6 is 0 Å². The summed E-state index contributed by atoms with van der Waals surface area (Å²) in [5.74, 6) is -0.797. The van der Waals surface area contributed by atoms with Crippen molar-refractivity contribution in [1.29, 1.82) is 0 Å². The van der Waals surface area contributed by atoms with E-state index >= 15 is 0 Å². The number of amides is 2. The van der Waals surface area contributed by atoms with Crippen LogP contribution < -0.4 is 16.2 Å². The van der Waals surface area contributed by atoms with Gasteiger partial charge < -0.3 is 15.6 Å². The summed E-state index contributed by atoms with van der Waals surface area (Å²) in [6, 6.07) is 14.0. The molecule has 0 radical (unpaired) electrons. The van der Waals surface area contributed by atoms with Crippen molar-refractivity contribution in [3.8, 4) is 0 Å². The third kappa shape index (κ3) is 3.64. The summed E-state index contributed by atoms with van der Waals surface area (Å²) in [7, 11) is 0. The van der Waals surface area contributed by atoms with Gasteiger partial charge in [-0.15, -0.1) is 0 Å². The first kappa shape index (κ1) is 17.4. The molecule has 1 heterocycles. The Morgan fingerprint density at radius 1 is 1.00 bits per heavy atom. The predicted octanol–water partition coefficient (Wildman–Crippen LogP) is 2.51. The van der Waals surface area contributed by atoms with Gasteiger partial charge in [0.25, 0.3) is 5.91 Å². The first-order valence-electron chi connectivity index (χ1n) is 8.22. The lowest BCUT2D eigenvalue weighted by molar-refractivity contribution is -0.115. The van der Waals surface area contributed by atoms with E-state index in [0.29, 0.717) is 10.9 Å². The summed E-state index contributed by atoms with van der Waals surface area (Å²) < 4.78 is 0. The molecule has 3 aromatic rings. The number of fused-ring (bicyclic) bond motifs is 1. The molecule has 0 aliphatic rings. The van der Waals surface area contributed by atoms with Gasteiger partial charge in [-0.05, 0) is 31.0 Å². The van der Waals surface area contributed by atoms with Crippen LogP contribution in [0.5, 0.6) is 0 Å². The second-order valence-electron chi connectivity index (χ2n) is 6.09. The second-order valence-corrected chi connectivity index (χ2v) is 6.09. The van der Waals surface area contributed by atoms with E-state index in [2.05, 4.69) is 15.6 Å². The van der Waals surface area contributed by atoms with Gasteiger partial charge in [0.1, 0.15) is 0 Å². The normalized spacial score (nSPS) is 10.5. The SMILES string of the molecule is Cc1cccc(C)c1NC(=O)CNC(=O)c1cc(=O)[nH]c2ccccc12. The van der Waals surface area contributed by atoms with Gasteiger partial charge in [-0.1, -0.05) is 36.4 Å². The zero-order valence-electron chi connectivity index (χ0n) is 14.6. The van der Waals surface area contributed by atoms with Crippen LogP contribution in [0.25, 0.3) is 10.9 Å². The predicted molar refractivity (Wildman–Crippen MR) is 101 cm³/mol. The molecule has 2 amide bonds. The van der Waals surface area contributed by atoms with Gasteiger partial charge >= 0.3 is 0 Å². The largest absolute Gasteiger partial charge is 0.343 e. The Kier molecular flexibility index (Phi) is 4.84. The van der Waals surface area contributed by atoms with E-state index in [1.807, 2.05) is 32.0 Å². The molecule has 3 rings (SSSR count). The lowest BCUT2D eigenvalue weighted by Gasteiger charge is -2.12. The molecule has 0 unspecified atom stereocenters. The quantitative estimate of drug-likeness (QED) is 0.676. The van der Waals surface area contributed by atoms with Gasteiger partial charge in [0, 0.05) is 22.7 Å². The van der Waals surface area contributed by atoms with Crippen LogP contribution in [0.2, 0.25) is 0 Å². The van der Waals surface area contributed by atoms with Gasteiger partial charge in [0.15, 0.2) is 0 Å². The topological polar surface area (TPSA) is 91.1 Å². The average Bonchev–Trinajstić information content (AvgIpc) is 2.62. The number of hydrogen-bond acceptors (Lipinski definition) is 3. The zero-order valence-corrected chi connectivity index (χ0v) is 14.6. The van der Waals surface area contributed by atoms with Crippen LogP contribution in [0.15, 0.2) is 53.3 Å². The summed E-state index contributed by atoms with van der Waals surface area (Å²) in [6.45, 7) is 3.63. The average molecular weight is 349 g/mol. The number of pyridine rings is 1. The molecule has 1 aromatic heterocycles. The first-order chi connectivity index (χ1) is 12.5. The van der Waals surface area contributed by atoms with Crippen molar-refractivity contribution in [3.05, 3.63) is 75.6 Å². The van der Waals surface area contributed by atoms with Crippen LogP contribution in [-0.4, -0.2) is 23.3 Å². The van der Waals surface area contributed by atoms with Gasteiger partial charge in [-0.2, -0.15) is 0 Å². The van der Waals surface area contributed by atoms with Crippen LogP contribution in [0.1, 0.15) is 21.5 Å². The molecule has 0 atom stereocenters. The molecule has 0 aliphatic carbocycles. The number of rotatable bonds is 4. The fraction of sp³-hybridized carbons (Fsp3) is 0.150. The molecule has 0 aliphatic heterocycles. The first-order valence-corrected chi connectivity index (χ1v) is 8.22. The Morgan fingerprint density at radius 2 is 1.69 bits per heavy atom. The lowest BCUT2D eigenvalue weighted by atomic mass is 10.1. The Morgan fingerprint density at radius 3 is 2.42 bits per heavy atom. The third-order valence-electron chi connectivity index (χ3n) is 4.15. The number of para-hydroxylation sites is 2. The van der Waals surface area contributed by atoms with E-state index in [-0.39, 0.29) is 23.6 Å². The molecule has 6 heteroatoms. The Balaban J connectivity index is 1.73. The number of nitrogens with one attached hydrogen (secondary N) is 3. The highest BCUT2D eigenvalue weighted by Crippen LogP contribution is 2.19. The van der Waals surface area contributed by atoms with E-state index in [1.165, 1.54) is 6.07 Å². The molecule has 0 fully saturated rings. The van der Waals surface area contributed by atoms with Crippen molar-refractivity contribution >= 4 is 28.4 Å². The summed E-state index contributed by atoms with van der Waals surface area (Å²) in [5, 5.41) is 6.01. The Bertz CT molecular complexity index is 1030. The number of benzene rings is 2. The maximum Gasteiger partial charge on any atom is 0.252 e. The maximum absolute atomic E-state index is 12.5. The third-order valence-corrected chi connectivity index (χ3v) is 4.15. The number of carbonyl (C=O) groups is 2. The van der Waals surface area contributed by atoms with Gasteiger partial charge in [0.2, 0.25) is 11.5 Å². The summed E-state index contributed by atoms with van der Waals surface area (Å²) in [6.07, 6.45) is 0. The number of aryl methyl sites for hydroxylation is 2. The van der Waals surface area contributed by atoms with Crippen molar-refractivity contribution in [3.63, 3.8) is 0 Å². The van der Waals surface area contributed by atoms with Crippen LogP contribution in [0.3, 0.4) is 0 Å². The highest BCUT2D eigenvalue weighted by atomic mass is 16.2. The van der Waals surface area contributed by atoms with Crippen molar-refractivity contribution in [2.24, 2.45) is 0 Å². The smallest absolute Gasteiger partial charge is 0.252 e. The summed E-state index contributed by atoms with van der Waals surface area (Å²) in [5.41, 5.74) is 3.09. The van der Waals surface area contributed by atoms with Crippen molar-refractivity contribution in [2.45, 2.75) is 13.8 Å². The Hall–Kier alpha value is -3.41. The van der Waals surface area contributed by atoms with E-state index in [1.54, 1.807) is 24.3 Å². The van der Waals surface area contributed by atoms with Crippen molar-refractivity contribution < 1.29 is 9.59 Å². The van der Waals surface area contributed by atoms with Gasteiger partial charge in [0.05, 0.1) is 12.1 Å². The number of aromatic nitrogens is 1. The fourth-order valence-corrected chi connectivity index (χ4v) is 2.84. The number of hydrogen-bond donors (Lipinski definition) is 3. The van der Waals surface area contributed by atoms with E-state index < -0.39 is 5.91 Å². The lowest BCUT2D eigenvalue weighted by Crippen LogP contribution is -2.33. The molecular formula is C20H19N3O3. The van der Waals surface area contributed by atoms with Crippen LogP contribution in [0.4, 0.5) is 5.69 Å². The number of carbonyl (C=O) groups excluding carboxylic acids is 2. The minimum Gasteiger partial charge on any atom is -0.343 e. The zero-order chi connectivity index (χ0) is 18.7. The molecule has 2 aromatic carbocycles. The molecule has 132 valence electrons. The van der Waals surface area contributed by atoms with Crippen LogP contribution in [0, 0.1) is 13.8 Å². The molecule has 3 N–H and O–H groups in total. The number of anilines is 1. The summed E-state index contributed by atoms with van der Waals surface area (Å²) in [4.78, 5) is 39.1. The number of aromatic amines is 1. The van der Waals surface area contributed by atoms with E-state index in [9.17, 15) is 14.4 Å². The highest BCUT2D eigenvalue weighted by molar-refractivity contribution is 6.07. The van der Waals surface area contributed by atoms with E-state index in [0.717, 1.165) is 16.8 Å². The number of H-pyrrole nitrogens is 1. The van der Waals surface area contributed by atoms with Crippen LogP contribution in [-0.2, 0) is 4.79 Å². The standard InChI is InChI=1S/C20H19N3O3/c1-12-6-5-7-13(2)19(12)23-18(25)11-21-20(26)15-10-17(24)22-16-9-4-3-8-14(15)16/h3-10H,11H2,1-2H3,(H,21,26)(H,22,24)(H,23,25). The molecule has 0 spiro atoms. The maximum atomic E-state index is 12.5. The molecule has 0 saturated heterocycles. The fourth-order valence-electron chi connectivity index (χ4n) is 2.84. The Labute approximate surface area is 150 Å². The molecule has 0 bridgehead atoms. The van der Waals surface area contributed by atoms with E-state index in [4.69, 9.17) is 0 Å². The molecule has 0 saturated carbocycles. The molecule has 6 nitrogen and oxygen atoms in total. The molecular weight excluding hydrogens is 330 g/mol. The molecule has 26 heavy (non-hydrogen) atoms. The summed E-state index contributed by atoms with van der Waals surface area (Å²) >= 11 is 0. The monoisotopic (exact) mass is 349 g/mol. The van der Waals surface area contributed by atoms with Crippen molar-refractivity contribution in [2.75, 3.05) is 11.9 Å². The van der Waals surface area contributed by atoms with Gasteiger partial charge in [-0.3, -0.25) is 14.4 Å². The minimum absolute atomic E-state index is 0.187. The van der Waals surface area contributed by atoms with Crippen molar-refractivity contribution in [1.82, 2.24) is 10.3 Å². The van der Waals surface area contributed by atoms with Gasteiger partial charge in [-0.25, -0.2) is 0 Å². The minimum atomic E-state index is -0.469. The second kappa shape index (κ2) is 7.23. The highest BCUT2D eigenvalue weighted by Gasteiger charge is 2.13.